The van der Waals surface area contributed by atoms with E-state index < -0.39 is 10.0 Å². The topological polar surface area (TPSA) is 69.7 Å². The molecule has 0 unspecified atom stereocenters. The Morgan fingerprint density at radius 2 is 1.84 bits per heavy atom. The fourth-order valence-electron chi connectivity index (χ4n) is 2.61. The first-order chi connectivity index (χ1) is 11.5. The molecule has 1 rings (SSSR count). The summed E-state index contributed by atoms with van der Waals surface area (Å²) in [5, 5.41) is 2.91. The summed E-state index contributed by atoms with van der Waals surface area (Å²) in [6, 6.07) is 5.88. The zero-order valence-corrected chi connectivity index (χ0v) is 17.0. The van der Waals surface area contributed by atoms with Gasteiger partial charge in [0.05, 0.1) is 12.8 Å². The van der Waals surface area contributed by atoms with Crippen LogP contribution in [0.2, 0.25) is 0 Å². The summed E-state index contributed by atoms with van der Waals surface area (Å²) in [7, 11) is 0.434. The van der Waals surface area contributed by atoms with Crippen molar-refractivity contribution in [2.24, 2.45) is 0 Å². The van der Waals surface area contributed by atoms with E-state index in [4.69, 9.17) is 0 Å². The third-order valence-electron chi connectivity index (χ3n) is 3.99. The summed E-state index contributed by atoms with van der Waals surface area (Å²) in [5.41, 5.74) is 2.80. The van der Waals surface area contributed by atoms with Gasteiger partial charge in [-0.15, -0.1) is 0 Å². The van der Waals surface area contributed by atoms with Gasteiger partial charge in [0.1, 0.15) is 0 Å². The summed E-state index contributed by atoms with van der Waals surface area (Å²) in [6.45, 7) is 6.99. The smallest absolute Gasteiger partial charge is 0.239 e. The van der Waals surface area contributed by atoms with Gasteiger partial charge in [-0.3, -0.25) is 4.79 Å². The first kappa shape index (κ1) is 21.6. The zero-order chi connectivity index (χ0) is 19.2. The molecule has 1 N–H and O–H groups in total. The number of amides is 1. The standard InChI is InChI=1S/C18H31N3O3S/c1-14(2)16-10-7-9-15(3)18(16)19-17(22)13-21(25(6,23)24)12-8-11-20(4)5/h7,9-10,14H,8,11-13H2,1-6H3,(H,19,22). The maximum Gasteiger partial charge on any atom is 0.239 e. The molecule has 1 aromatic rings. The van der Waals surface area contributed by atoms with Crippen LogP contribution in [0, 0.1) is 6.92 Å². The van der Waals surface area contributed by atoms with Crippen LogP contribution < -0.4 is 5.32 Å². The van der Waals surface area contributed by atoms with Gasteiger partial charge in [0.15, 0.2) is 0 Å². The molecule has 0 fully saturated rings. The fourth-order valence-corrected chi connectivity index (χ4v) is 3.42. The van der Waals surface area contributed by atoms with Crippen molar-refractivity contribution in [2.45, 2.75) is 33.1 Å². The van der Waals surface area contributed by atoms with Crippen molar-refractivity contribution in [3.05, 3.63) is 29.3 Å². The molecule has 0 bridgehead atoms. The maximum atomic E-state index is 12.5. The van der Waals surface area contributed by atoms with E-state index in [0.717, 1.165) is 29.6 Å². The molecule has 0 saturated heterocycles. The molecule has 0 radical (unpaired) electrons. The maximum absolute atomic E-state index is 12.5. The van der Waals surface area contributed by atoms with Gasteiger partial charge in [-0.1, -0.05) is 32.0 Å². The van der Waals surface area contributed by atoms with Crippen molar-refractivity contribution >= 4 is 21.6 Å². The predicted octanol–water partition coefficient (Wildman–Crippen LogP) is 2.27. The number of carbonyl (C=O) groups excluding carboxylic acids is 1. The SMILES string of the molecule is Cc1cccc(C(C)C)c1NC(=O)CN(CCCN(C)C)S(C)(=O)=O. The lowest BCUT2D eigenvalue weighted by atomic mass is 9.98. The molecule has 0 aliphatic carbocycles. The van der Waals surface area contributed by atoms with E-state index in [9.17, 15) is 13.2 Å². The molecule has 6 nitrogen and oxygen atoms in total. The van der Waals surface area contributed by atoms with Gasteiger partial charge < -0.3 is 10.2 Å². The number of para-hydroxylation sites is 1. The Hall–Kier alpha value is -1.44. The van der Waals surface area contributed by atoms with E-state index in [1.165, 1.54) is 4.31 Å². The first-order valence-electron chi connectivity index (χ1n) is 8.51. The number of hydrogen-bond acceptors (Lipinski definition) is 4. The third-order valence-corrected chi connectivity index (χ3v) is 5.24. The molecule has 142 valence electrons. The molecule has 0 saturated carbocycles. The molecule has 0 atom stereocenters. The van der Waals surface area contributed by atoms with Gasteiger partial charge in [0.2, 0.25) is 15.9 Å². The highest BCUT2D eigenvalue weighted by Gasteiger charge is 2.21. The van der Waals surface area contributed by atoms with Crippen LogP contribution in [0.3, 0.4) is 0 Å². The molecular weight excluding hydrogens is 338 g/mol. The molecule has 7 heteroatoms. The lowest BCUT2D eigenvalue weighted by Crippen LogP contribution is -2.39. The molecule has 1 aromatic carbocycles. The van der Waals surface area contributed by atoms with Crippen molar-refractivity contribution in [2.75, 3.05) is 45.3 Å². The zero-order valence-electron chi connectivity index (χ0n) is 16.2. The number of hydrogen-bond donors (Lipinski definition) is 1. The molecule has 0 aromatic heterocycles. The Morgan fingerprint density at radius 1 is 1.20 bits per heavy atom. The Bertz CT molecular complexity index is 685. The summed E-state index contributed by atoms with van der Waals surface area (Å²) < 4.78 is 25.2. The number of rotatable bonds is 9. The largest absolute Gasteiger partial charge is 0.324 e. The number of aryl methyl sites for hydroxylation is 1. The van der Waals surface area contributed by atoms with Crippen molar-refractivity contribution in [1.29, 1.82) is 0 Å². The van der Waals surface area contributed by atoms with Gasteiger partial charge in [-0.25, -0.2) is 8.42 Å². The number of nitrogens with one attached hydrogen (secondary N) is 1. The predicted molar refractivity (Wildman–Crippen MR) is 103 cm³/mol. The van der Waals surface area contributed by atoms with Crippen LogP contribution in [0.15, 0.2) is 18.2 Å². The van der Waals surface area contributed by atoms with Gasteiger partial charge in [-0.05, 0) is 51.0 Å². The number of sulfonamides is 1. The Kier molecular flexibility index (Phi) is 8.05. The van der Waals surface area contributed by atoms with Crippen LogP contribution in [0.5, 0.6) is 0 Å². The minimum atomic E-state index is -3.43. The Balaban J connectivity index is 2.85. The summed E-state index contributed by atoms with van der Waals surface area (Å²) >= 11 is 0. The van der Waals surface area contributed by atoms with E-state index in [2.05, 4.69) is 19.2 Å². The molecule has 0 heterocycles. The number of anilines is 1. The van der Waals surface area contributed by atoms with Gasteiger partial charge in [0, 0.05) is 12.2 Å². The normalized spacial score (nSPS) is 12.2. The molecule has 25 heavy (non-hydrogen) atoms. The fraction of sp³-hybridized carbons (Fsp3) is 0.611. The van der Waals surface area contributed by atoms with Gasteiger partial charge in [-0.2, -0.15) is 4.31 Å². The second-order valence-corrected chi connectivity index (χ2v) is 8.98. The van der Waals surface area contributed by atoms with Crippen LogP contribution in [0.25, 0.3) is 0 Å². The third kappa shape index (κ3) is 7.13. The van der Waals surface area contributed by atoms with Crippen LogP contribution in [-0.2, 0) is 14.8 Å². The van der Waals surface area contributed by atoms with E-state index in [0.29, 0.717) is 13.0 Å². The monoisotopic (exact) mass is 369 g/mol. The second kappa shape index (κ2) is 9.31. The first-order valence-corrected chi connectivity index (χ1v) is 10.4. The molecular formula is C18H31N3O3S. The van der Waals surface area contributed by atoms with Crippen LogP contribution in [0.4, 0.5) is 5.69 Å². The quantitative estimate of drug-likeness (QED) is 0.725. The van der Waals surface area contributed by atoms with Crippen molar-refractivity contribution in [1.82, 2.24) is 9.21 Å². The summed E-state index contributed by atoms with van der Waals surface area (Å²) in [6.07, 6.45) is 1.82. The number of carbonyl (C=O) groups is 1. The van der Waals surface area contributed by atoms with E-state index in [1.54, 1.807) is 0 Å². The highest BCUT2D eigenvalue weighted by Crippen LogP contribution is 2.27. The van der Waals surface area contributed by atoms with E-state index >= 15 is 0 Å². The minimum absolute atomic E-state index is 0.169. The van der Waals surface area contributed by atoms with Gasteiger partial charge in [0.25, 0.3) is 0 Å². The summed E-state index contributed by atoms with van der Waals surface area (Å²) in [5.74, 6) is -0.0484. The van der Waals surface area contributed by atoms with Crippen LogP contribution in [-0.4, -0.2) is 63.5 Å². The highest BCUT2D eigenvalue weighted by molar-refractivity contribution is 7.88. The highest BCUT2D eigenvalue weighted by atomic mass is 32.2. The number of benzene rings is 1. The van der Waals surface area contributed by atoms with Crippen LogP contribution >= 0.6 is 0 Å². The molecule has 0 aliphatic heterocycles. The number of nitrogens with zero attached hydrogens (tertiary/aromatic N) is 2. The van der Waals surface area contributed by atoms with Crippen molar-refractivity contribution < 1.29 is 13.2 Å². The molecule has 0 spiro atoms. The van der Waals surface area contributed by atoms with Crippen molar-refractivity contribution in [3.63, 3.8) is 0 Å². The van der Waals surface area contributed by atoms with Gasteiger partial charge >= 0.3 is 0 Å². The van der Waals surface area contributed by atoms with Crippen LogP contribution in [0.1, 0.15) is 37.3 Å². The Labute approximate surface area is 152 Å². The molecule has 1 amide bonds. The Morgan fingerprint density at radius 3 is 2.36 bits per heavy atom. The minimum Gasteiger partial charge on any atom is -0.324 e. The second-order valence-electron chi connectivity index (χ2n) is 7.00. The lowest BCUT2D eigenvalue weighted by Gasteiger charge is -2.22. The van der Waals surface area contributed by atoms with Crippen molar-refractivity contribution in [3.8, 4) is 0 Å². The average Bonchev–Trinajstić information content (AvgIpc) is 2.46. The lowest BCUT2D eigenvalue weighted by molar-refractivity contribution is -0.116. The average molecular weight is 370 g/mol. The summed E-state index contributed by atoms with van der Waals surface area (Å²) in [4.78, 5) is 14.5. The van der Waals surface area contributed by atoms with E-state index in [1.807, 2.05) is 44.1 Å². The van der Waals surface area contributed by atoms with E-state index in [-0.39, 0.29) is 18.4 Å². The molecule has 0 aliphatic rings.